The van der Waals surface area contributed by atoms with Crippen molar-refractivity contribution in [1.82, 2.24) is 0 Å². The fraction of sp³-hybridized carbons (Fsp3) is 1.00. The SMILES string of the molecule is CCCCCCCCOB1OCCCO1. The topological polar surface area (TPSA) is 27.7 Å². The van der Waals surface area contributed by atoms with E-state index in [1.807, 2.05) is 0 Å². The van der Waals surface area contributed by atoms with Crippen LogP contribution in [0.3, 0.4) is 0 Å². The first-order valence-electron chi connectivity index (χ1n) is 6.28. The van der Waals surface area contributed by atoms with E-state index in [9.17, 15) is 0 Å². The van der Waals surface area contributed by atoms with Gasteiger partial charge in [0, 0.05) is 19.8 Å². The van der Waals surface area contributed by atoms with E-state index in [1.165, 1.54) is 32.1 Å². The Balaban J connectivity index is 1.79. The van der Waals surface area contributed by atoms with Crippen LogP contribution in [0.5, 0.6) is 0 Å². The number of hydrogen-bond acceptors (Lipinski definition) is 3. The summed E-state index contributed by atoms with van der Waals surface area (Å²) in [6.45, 7) is 4.53. The third kappa shape index (κ3) is 6.93. The van der Waals surface area contributed by atoms with Crippen LogP contribution in [-0.4, -0.2) is 27.1 Å². The average molecular weight is 214 g/mol. The smallest absolute Gasteiger partial charge is 0.386 e. The van der Waals surface area contributed by atoms with Gasteiger partial charge >= 0.3 is 7.32 Å². The van der Waals surface area contributed by atoms with Gasteiger partial charge in [0.1, 0.15) is 0 Å². The number of hydrogen-bond donors (Lipinski definition) is 0. The Bertz CT molecular complexity index is 138. The molecule has 0 spiro atoms. The predicted octanol–water partition coefficient (Wildman–Crippen LogP) is 2.79. The highest BCUT2D eigenvalue weighted by molar-refractivity contribution is 6.36. The standard InChI is InChI=1S/C11H23BO3/c1-2-3-4-5-6-7-9-13-12-14-10-8-11-15-12/h2-11H2,1H3. The molecule has 0 unspecified atom stereocenters. The molecule has 1 saturated heterocycles. The molecular weight excluding hydrogens is 191 g/mol. The minimum Gasteiger partial charge on any atom is -0.386 e. The Labute approximate surface area is 93.7 Å². The molecule has 1 heterocycles. The van der Waals surface area contributed by atoms with Crippen LogP contribution in [-0.2, 0) is 14.0 Å². The van der Waals surface area contributed by atoms with Gasteiger partial charge in [0.15, 0.2) is 0 Å². The fourth-order valence-corrected chi connectivity index (χ4v) is 1.62. The molecule has 0 N–H and O–H groups in total. The molecular formula is C11H23BO3. The number of unbranched alkanes of at least 4 members (excludes halogenated alkanes) is 5. The van der Waals surface area contributed by atoms with Crippen LogP contribution in [0, 0.1) is 0 Å². The molecule has 1 rings (SSSR count). The largest absolute Gasteiger partial charge is 0.639 e. The first-order valence-corrected chi connectivity index (χ1v) is 6.28. The van der Waals surface area contributed by atoms with E-state index in [1.54, 1.807) is 0 Å². The molecule has 0 aromatic heterocycles. The molecule has 0 radical (unpaired) electrons. The summed E-state index contributed by atoms with van der Waals surface area (Å²) < 4.78 is 16.0. The van der Waals surface area contributed by atoms with Crippen molar-refractivity contribution >= 4 is 7.32 Å². The fourth-order valence-electron chi connectivity index (χ4n) is 1.62. The van der Waals surface area contributed by atoms with Crippen LogP contribution in [0.4, 0.5) is 0 Å². The van der Waals surface area contributed by atoms with Gasteiger partial charge in [0.25, 0.3) is 0 Å². The molecule has 3 nitrogen and oxygen atoms in total. The van der Waals surface area contributed by atoms with Crippen molar-refractivity contribution in [3.05, 3.63) is 0 Å². The lowest BCUT2D eigenvalue weighted by Gasteiger charge is -2.18. The molecule has 0 aromatic rings. The summed E-state index contributed by atoms with van der Waals surface area (Å²) in [6.07, 6.45) is 8.70. The van der Waals surface area contributed by atoms with Gasteiger partial charge in [0.05, 0.1) is 0 Å². The average Bonchev–Trinajstić information content (AvgIpc) is 2.29. The van der Waals surface area contributed by atoms with Crippen molar-refractivity contribution in [3.63, 3.8) is 0 Å². The molecule has 0 aliphatic carbocycles. The van der Waals surface area contributed by atoms with Crippen molar-refractivity contribution in [3.8, 4) is 0 Å². The zero-order chi connectivity index (χ0) is 10.8. The highest BCUT2D eigenvalue weighted by Crippen LogP contribution is 2.07. The Hall–Kier alpha value is -0.0551. The van der Waals surface area contributed by atoms with Crippen molar-refractivity contribution in [2.75, 3.05) is 19.8 Å². The Morgan fingerprint density at radius 2 is 1.67 bits per heavy atom. The normalized spacial score (nSPS) is 17.0. The zero-order valence-electron chi connectivity index (χ0n) is 9.87. The lowest BCUT2D eigenvalue weighted by atomic mass is 10.1. The minimum atomic E-state index is -0.394. The highest BCUT2D eigenvalue weighted by atomic mass is 16.7. The van der Waals surface area contributed by atoms with E-state index in [4.69, 9.17) is 14.0 Å². The van der Waals surface area contributed by atoms with Crippen LogP contribution in [0.15, 0.2) is 0 Å². The van der Waals surface area contributed by atoms with Crippen molar-refractivity contribution < 1.29 is 14.0 Å². The van der Waals surface area contributed by atoms with Crippen LogP contribution in [0.1, 0.15) is 51.9 Å². The van der Waals surface area contributed by atoms with Gasteiger partial charge < -0.3 is 14.0 Å². The van der Waals surface area contributed by atoms with E-state index < -0.39 is 7.32 Å². The third-order valence-electron chi connectivity index (χ3n) is 2.55. The van der Waals surface area contributed by atoms with E-state index >= 15 is 0 Å². The predicted molar refractivity (Wildman–Crippen MR) is 61.6 cm³/mol. The molecule has 0 amide bonds. The molecule has 4 heteroatoms. The van der Waals surface area contributed by atoms with Gasteiger partial charge in [-0.05, 0) is 12.8 Å². The Kier molecular flexibility index (Phi) is 7.97. The maximum Gasteiger partial charge on any atom is 0.639 e. The Morgan fingerprint density at radius 1 is 1.00 bits per heavy atom. The molecule has 1 aliphatic heterocycles. The molecule has 1 aliphatic rings. The second-order valence-corrected chi connectivity index (χ2v) is 4.02. The summed E-state index contributed by atoms with van der Waals surface area (Å²) in [5.74, 6) is 0. The highest BCUT2D eigenvalue weighted by Gasteiger charge is 2.23. The summed E-state index contributed by atoms with van der Waals surface area (Å²) in [5.41, 5.74) is 0. The third-order valence-corrected chi connectivity index (χ3v) is 2.55. The summed E-state index contributed by atoms with van der Waals surface area (Å²) in [5, 5.41) is 0. The van der Waals surface area contributed by atoms with Crippen LogP contribution in [0.25, 0.3) is 0 Å². The first kappa shape index (κ1) is 13.0. The molecule has 0 saturated carbocycles. The second kappa shape index (κ2) is 9.19. The molecule has 0 aromatic carbocycles. The van der Waals surface area contributed by atoms with E-state index in [-0.39, 0.29) is 0 Å². The minimum absolute atomic E-state index is 0.394. The lowest BCUT2D eigenvalue weighted by Crippen LogP contribution is -2.33. The summed E-state index contributed by atoms with van der Waals surface area (Å²) in [6, 6.07) is 0. The quantitative estimate of drug-likeness (QED) is 0.459. The molecule has 0 atom stereocenters. The monoisotopic (exact) mass is 214 g/mol. The second-order valence-electron chi connectivity index (χ2n) is 4.02. The van der Waals surface area contributed by atoms with Crippen LogP contribution in [0.2, 0.25) is 0 Å². The van der Waals surface area contributed by atoms with Gasteiger partial charge in [-0.2, -0.15) is 0 Å². The molecule has 0 bridgehead atoms. The summed E-state index contributed by atoms with van der Waals surface area (Å²) >= 11 is 0. The van der Waals surface area contributed by atoms with Crippen LogP contribution < -0.4 is 0 Å². The van der Waals surface area contributed by atoms with Gasteiger partial charge in [-0.25, -0.2) is 0 Å². The van der Waals surface area contributed by atoms with Crippen LogP contribution >= 0.6 is 0 Å². The zero-order valence-corrected chi connectivity index (χ0v) is 9.87. The van der Waals surface area contributed by atoms with Gasteiger partial charge in [-0.15, -0.1) is 0 Å². The number of rotatable bonds is 8. The van der Waals surface area contributed by atoms with Crippen molar-refractivity contribution in [2.24, 2.45) is 0 Å². The van der Waals surface area contributed by atoms with E-state index in [0.29, 0.717) is 0 Å². The molecule has 88 valence electrons. The van der Waals surface area contributed by atoms with Gasteiger partial charge in [-0.1, -0.05) is 39.0 Å². The lowest BCUT2D eigenvalue weighted by molar-refractivity contribution is 0.0522. The van der Waals surface area contributed by atoms with Crippen molar-refractivity contribution in [1.29, 1.82) is 0 Å². The molecule has 1 fully saturated rings. The van der Waals surface area contributed by atoms with E-state index in [2.05, 4.69) is 6.92 Å². The van der Waals surface area contributed by atoms with E-state index in [0.717, 1.165) is 32.7 Å². The van der Waals surface area contributed by atoms with Gasteiger partial charge in [0.2, 0.25) is 0 Å². The Morgan fingerprint density at radius 3 is 2.40 bits per heavy atom. The van der Waals surface area contributed by atoms with Gasteiger partial charge in [-0.3, -0.25) is 0 Å². The summed E-state index contributed by atoms with van der Waals surface area (Å²) in [4.78, 5) is 0. The van der Waals surface area contributed by atoms with Crippen molar-refractivity contribution in [2.45, 2.75) is 51.9 Å². The maximum absolute atomic E-state index is 5.45. The molecule has 15 heavy (non-hydrogen) atoms. The first-order chi connectivity index (χ1) is 7.43. The summed E-state index contributed by atoms with van der Waals surface area (Å²) in [7, 11) is -0.394. The maximum atomic E-state index is 5.45.